The molecule has 26 heavy (non-hydrogen) atoms. The standard InChI is InChI=1S/C19H27N7/c1-24(16-7-6-12-26(14-16)17-8-5-9-22-23-17)18-13-19(21-15-20-18)25-10-3-2-4-11-25/h5,8-9,13,15-16H,2-4,6-7,10-12,14H2,1H3. The Morgan fingerprint density at radius 3 is 2.65 bits per heavy atom. The zero-order valence-electron chi connectivity index (χ0n) is 15.5. The van der Waals surface area contributed by atoms with Crippen molar-refractivity contribution in [2.75, 3.05) is 47.9 Å². The molecule has 0 radical (unpaired) electrons. The van der Waals surface area contributed by atoms with Crippen LogP contribution in [0.1, 0.15) is 32.1 Å². The zero-order chi connectivity index (χ0) is 17.8. The first kappa shape index (κ1) is 17.0. The normalized spacial score (nSPS) is 20.9. The average Bonchev–Trinajstić information content (AvgIpc) is 2.75. The maximum absolute atomic E-state index is 4.55. The minimum atomic E-state index is 0.412. The van der Waals surface area contributed by atoms with Gasteiger partial charge in [0, 0.05) is 51.5 Å². The number of hydrogen-bond donors (Lipinski definition) is 0. The van der Waals surface area contributed by atoms with Gasteiger partial charge in [-0.2, -0.15) is 5.10 Å². The van der Waals surface area contributed by atoms with Crippen LogP contribution < -0.4 is 14.7 Å². The van der Waals surface area contributed by atoms with Crippen molar-refractivity contribution in [2.24, 2.45) is 0 Å². The van der Waals surface area contributed by atoms with Gasteiger partial charge in [0.25, 0.3) is 0 Å². The summed E-state index contributed by atoms with van der Waals surface area (Å²) in [4.78, 5) is 16.1. The second-order valence-electron chi connectivity index (χ2n) is 7.22. The molecule has 0 aliphatic carbocycles. The van der Waals surface area contributed by atoms with Gasteiger partial charge < -0.3 is 14.7 Å². The van der Waals surface area contributed by atoms with Gasteiger partial charge in [0.05, 0.1) is 0 Å². The predicted octanol–water partition coefficient (Wildman–Crippen LogP) is 2.36. The number of likely N-dealkylation sites (N-methyl/N-ethyl adjacent to an activating group) is 1. The summed E-state index contributed by atoms with van der Waals surface area (Å²) < 4.78 is 0. The topological polar surface area (TPSA) is 61.3 Å². The molecule has 7 heteroatoms. The molecule has 2 aliphatic rings. The molecule has 0 bridgehead atoms. The first-order valence-electron chi connectivity index (χ1n) is 9.64. The lowest BCUT2D eigenvalue weighted by atomic mass is 10.0. The molecule has 0 spiro atoms. The van der Waals surface area contributed by atoms with Gasteiger partial charge in [-0.05, 0) is 44.2 Å². The van der Waals surface area contributed by atoms with Gasteiger partial charge in [0.15, 0.2) is 5.82 Å². The van der Waals surface area contributed by atoms with Crippen LogP contribution in [-0.4, -0.2) is 59.4 Å². The van der Waals surface area contributed by atoms with E-state index in [9.17, 15) is 0 Å². The largest absolute Gasteiger partial charge is 0.356 e. The maximum Gasteiger partial charge on any atom is 0.151 e. The van der Waals surface area contributed by atoms with E-state index in [0.29, 0.717) is 6.04 Å². The Morgan fingerprint density at radius 1 is 1.00 bits per heavy atom. The number of aromatic nitrogens is 4. The fourth-order valence-electron chi connectivity index (χ4n) is 3.95. The molecule has 2 fully saturated rings. The first-order valence-corrected chi connectivity index (χ1v) is 9.64. The van der Waals surface area contributed by atoms with E-state index in [-0.39, 0.29) is 0 Å². The van der Waals surface area contributed by atoms with E-state index in [0.717, 1.165) is 56.5 Å². The van der Waals surface area contributed by atoms with Crippen molar-refractivity contribution >= 4 is 17.5 Å². The summed E-state index contributed by atoms with van der Waals surface area (Å²) in [5.74, 6) is 3.03. The molecule has 2 aromatic heterocycles. The highest BCUT2D eigenvalue weighted by molar-refractivity contribution is 5.51. The summed E-state index contributed by atoms with van der Waals surface area (Å²) in [6, 6.07) is 6.54. The fourth-order valence-corrected chi connectivity index (χ4v) is 3.95. The van der Waals surface area contributed by atoms with E-state index in [2.05, 4.69) is 48.0 Å². The molecular formula is C19H27N7. The van der Waals surface area contributed by atoms with Gasteiger partial charge in [-0.3, -0.25) is 0 Å². The van der Waals surface area contributed by atoms with Crippen molar-refractivity contribution in [2.45, 2.75) is 38.1 Å². The van der Waals surface area contributed by atoms with Crippen LogP contribution in [0.15, 0.2) is 30.7 Å². The van der Waals surface area contributed by atoms with Gasteiger partial charge in [0.2, 0.25) is 0 Å². The van der Waals surface area contributed by atoms with Crippen LogP contribution in [0, 0.1) is 0 Å². The van der Waals surface area contributed by atoms with Crippen molar-refractivity contribution in [1.82, 2.24) is 20.2 Å². The van der Waals surface area contributed by atoms with Crippen LogP contribution in [0.5, 0.6) is 0 Å². The second kappa shape index (κ2) is 7.85. The van der Waals surface area contributed by atoms with Gasteiger partial charge in [-0.15, -0.1) is 5.10 Å². The second-order valence-corrected chi connectivity index (χ2v) is 7.22. The average molecular weight is 353 g/mol. The Kier molecular flexibility index (Phi) is 5.13. The highest BCUT2D eigenvalue weighted by atomic mass is 15.3. The molecule has 0 saturated carbocycles. The molecule has 0 N–H and O–H groups in total. The van der Waals surface area contributed by atoms with Crippen LogP contribution in [-0.2, 0) is 0 Å². The highest BCUT2D eigenvalue weighted by Crippen LogP contribution is 2.25. The van der Waals surface area contributed by atoms with E-state index in [1.807, 2.05) is 12.1 Å². The van der Waals surface area contributed by atoms with Gasteiger partial charge in [-0.1, -0.05) is 0 Å². The summed E-state index contributed by atoms with van der Waals surface area (Å²) >= 11 is 0. The van der Waals surface area contributed by atoms with Crippen LogP contribution in [0.4, 0.5) is 17.5 Å². The predicted molar refractivity (Wildman–Crippen MR) is 104 cm³/mol. The lowest BCUT2D eigenvalue weighted by Crippen LogP contribution is -2.47. The number of piperidine rings is 2. The van der Waals surface area contributed by atoms with E-state index >= 15 is 0 Å². The van der Waals surface area contributed by atoms with Gasteiger partial charge in [0.1, 0.15) is 18.0 Å². The van der Waals surface area contributed by atoms with Crippen LogP contribution in [0.25, 0.3) is 0 Å². The molecule has 138 valence electrons. The van der Waals surface area contributed by atoms with Crippen LogP contribution >= 0.6 is 0 Å². The Morgan fingerprint density at radius 2 is 1.85 bits per heavy atom. The van der Waals surface area contributed by atoms with Crippen molar-refractivity contribution < 1.29 is 0 Å². The minimum absolute atomic E-state index is 0.412. The third-order valence-electron chi connectivity index (χ3n) is 5.51. The minimum Gasteiger partial charge on any atom is -0.356 e. The maximum atomic E-state index is 4.55. The van der Waals surface area contributed by atoms with Crippen LogP contribution in [0.2, 0.25) is 0 Å². The van der Waals surface area contributed by atoms with Gasteiger partial charge in [-0.25, -0.2) is 9.97 Å². The molecule has 2 aromatic rings. The number of nitrogens with zero attached hydrogens (tertiary/aromatic N) is 7. The molecule has 1 unspecified atom stereocenters. The molecule has 0 amide bonds. The Balaban J connectivity index is 1.47. The molecule has 4 rings (SSSR count). The van der Waals surface area contributed by atoms with E-state index in [1.54, 1.807) is 12.5 Å². The van der Waals surface area contributed by atoms with Crippen molar-refractivity contribution in [1.29, 1.82) is 0 Å². The van der Waals surface area contributed by atoms with Crippen LogP contribution in [0.3, 0.4) is 0 Å². The third-order valence-corrected chi connectivity index (χ3v) is 5.51. The Bertz CT molecular complexity index is 702. The summed E-state index contributed by atoms with van der Waals surface area (Å²) in [7, 11) is 2.15. The number of anilines is 3. The highest BCUT2D eigenvalue weighted by Gasteiger charge is 2.25. The van der Waals surface area contributed by atoms with Crippen molar-refractivity contribution in [3.63, 3.8) is 0 Å². The Labute approximate surface area is 155 Å². The SMILES string of the molecule is CN(c1cc(N2CCCCC2)ncn1)C1CCCN(c2cccnn2)C1. The summed E-state index contributed by atoms with van der Waals surface area (Å²) in [5, 5.41) is 8.29. The molecule has 4 heterocycles. The lowest BCUT2D eigenvalue weighted by Gasteiger charge is -2.38. The quantitative estimate of drug-likeness (QED) is 0.836. The number of rotatable bonds is 4. The number of hydrogen-bond acceptors (Lipinski definition) is 7. The van der Waals surface area contributed by atoms with Gasteiger partial charge >= 0.3 is 0 Å². The molecular weight excluding hydrogens is 326 g/mol. The first-order chi connectivity index (χ1) is 12.8. The van der Waals surface area contributed by atoms with E-state index in [1.165, 1.54) is 19.3 Å². The molecule has 1 atom stereocenters. The lowest BCUT2D eigenvalue weighted by molar-refractivity contribution is 0.482. The van der Waals surface area contributed by atoms with Crippen molar-refractivity contribution in [3.05, 3.63) is 30.7 Å². The van der Waals surface area contributed by atoms with Crippen molar-refractivity contribution in [3.8, 4) is 0 Å². The smallest absolute Gasteiger partial charge is 0.151 e. The summed E-state index contributed by atoms with van der Waals surface area (Å²) in [6.07, 6.45) is 9.58. The fraction of sp³-hybridized carbons (Fsp3) is 0.579. The zero-order valence-corrected chi connectivity index (χ0v) is 15.5. The third kappa shape index (κ3) is 3.71. The van der Waals surface area contributed by atoms with E-state index in [4.69, 9.17) is 0 Å². The Hall–Kier alpha value is -2.44. The van der Waals surface area contributed by atoms with E-state index < -0.39 is 0 Å². The molecule has 7 nitrogen and oxygen atoms in total. The molecule has 2 saturated heterocycles. The molecule has 0 aromatic carbocycles. The molecule has 2 aliphatic heterocycles. The summed E-state index contributed by atoms with van der Waals surface area (Å²) in [6.45, 7) is 4.18. The monoisotopic (exact) mass is 353 g/mol. The summed E-state index contributed by atoms with van der Waals surface area (Å²) in [5.41, 5.74) is 0.